The third kappa shape index (κ3) is 0.964. The minimum Gasteiger partial charge on any atom is -0.345 e. The molecule has 0 radical (unpaired) electrons. The van der Waals surface area contributed by atoms with Crippen molar-refractivity contribution in [3.8, 4) is 0 Å². The minimum atomic E-state index is 0.713. The van der Waals surface area contributed by atoms with Gasteiger partial charge in [0, 0.05) is 11.9 Å². The van der Waals surface area contributed by atoms with Gasteiger partial charge in [-0.05, 0) is 13.0 Å². The summed E-state index contributed by atoms with van der Waals surface area (Å²) in [6.07, 6.45) is 3.63. The maximum absolute atomic E-state index is 3.87. The number of nitrogens with zero attached hydrogens (tertiary/aromatic N) is 1. The number of hydrogen-bond acceptors (Lipinski definition) is 2. The zero-order valence-electron chi connectivity index (χ0n) is 4.81. The molecule has 2 nitrogen and oxygen atoms in total. The van der Waals surface area contributed by atoms with E-state index < -0.39 is 0 Å². The number of allylic oxidation sites excluding steroid dienone is 2. The molecule has 8 heavy (non-hydrogen) atoms. The highest BCUT2D eigenvalue weighted by molar-refractivity contribution is 5.74. The van der Waals surface area contributed by atoms with Crippen molar-refractivity contribution in [2.24, 2.45) is 4.99 Å². The van der Waals surface area contributed by atoms with Crippen LogP contribution in [0, 0.1) is 0 Å². The van der Waals surface area contributed by atoms with E-state index in [-0.39, 0.29) is 0 Å². The Bertz CT molecular complexity index is 165. The van der Waals surface area contributed by atoms with E-state index in [4.69, 9.17) is 0 Å². The predicted octanol–water partition coefficient (Wildman–Crippen LogP) is 1.04. The average Bonchev–Trinajstić information content (AvgIpc) is 1.64. The molecule has 1 aliphatic heterocycles. The van der Waals surface area contributed by atoms with E-state index in [0.717, 1.165) is 5.70 Å². The molecular formula is C6H8N2. The van der Waals surface area contributed by atoms with E-state index in [1.807, 2.05) is 13.0 Å². The van der Waals surface area contributed by atoms with Gasteiger partial charge >= 0.3 is 0 Å². The van der Waals surface area contributed by atoms with Gasteiger partial charge in [0.05, 0.1) is 0 Å². The van der Waals surface area contributed by atoms with E-state index in [1.165, 1.54) is 0 Å². The van der Waals surface area contributed by atoms with Crippen LogP contribution < -0.4 is 5.32 Å². The van der Waals surface area contributed by atoms with Crippen molar-refractivity contribution in [1.82, 2.24) is 5.32 Å². The highest BCUT2D eigenvalue weighted by atomic mass is 15.0. The summed E-state index contributed by atoms with van der Waals surface area (Å²) in [6.45, 7) is 5.58. The first-order valence-corrected chi connectivity index (χ1v) is 2.46. The van der Waals surface area contributed by atoms with Crippen LogP contribution in [-0.2, 0) is 0 Å². The molecule has 0 aromatic carbocycles. The van der Waals surface area contributed by atoms with Crippen LogP contribution in [0.5, 0.6) is 0 Å². The summed E-state index contributed by atoms with van der Waals surface area (Å²) in [7, 11) is 0. The molecule has 0 aromatic heterocycles. The summed E-state index contributed by atoms with van der Waals surface area (Å²) >= 11 is 0. The van der Waals surface area contributed by atoms with Crippen LogP contribution in [0.25, 0.3) is 0 Å². The lowest BCUT2D eigenvalue weighted by Crippen LogP contribution is -2.10. The Balaban J connectivity index is 2.73. The molecule has 0 aliphatic carbocycles. The molecule has 1 rings (SSSR count). The van der Waals surface area contributed by atoms with E-state index in [0.29, 0.717) is 5.82 Å². The monoisotopic (exact) mass is 108 g/mol. The predicted molar refractivity (Wildman–Crippen MR) is 34.5 cm³/mol. The maximum atomic E-state index is 3.87. The van der Waals surface area contributed by atoms with Crippen molar-refractivity contribution in [3.63, 3.8) is 0 Å². The molecule has 0 fully saturated rings. The molecular weight excluding hydrogens is 100 g/mol. The van der Waals surface area contributed by atoms with Crippen LogP contribution >= 0.6 is 0 Å². The average molecular weight is 108 g/mol. The molecule has 2 heteroatoms. The summed E-state index contributed by atoms with van der Waals surface area (Å²) in [5.41, 5.74) is 1.09. The summed E-state index contributed by atoms with van der Waals surface area (Å²) in [4.78, 5) is 3.87. The molecule has 0 atom stereocenters. The Morgan fingerprint density at radius 2 is 2.50 bits per heavy atom. The molecule has 1 heterocycles. The second-order valence-electron chi connectivity index (χ2n) is 1.70. The largest absolute Gasteiger partial charge is 0.345 e. The molecule has 0 amide bonds. The van der Waals surface area contributed by atoms with Crippen LogP contribution in [0.1, 0.15) is 6.92 Å². The molecule has 1 aliphatic rings. The van der Waals surface area contributed by atoms with Crippen LogP contribution in [0.15, 0.2) is 29.2 Å². The summed E-state index contributed by atoms with van der Waals surface area (Å²) in [6, 6.07) is 0. The smallest absolute Gasteiger partial charge is 0.122 e. The second-order valence-corrected chi connectivity index (χ2v) is 1.70. The molecule has 1 N–H and O–H groups in total. The van der Waals surface area contributed by atoms with Gasteiger partial charge in [-0.15, -0.1) is 0 Å². The van der Waals surface area contributed by atoms with Crippen LogP contribution in [0.4, 0.5) is 0 Å². The second kappa shape index (κ2) is 1.82. The van der Waals surface area contributed by atoms with Crippen molar-refractivity contribution in [2.75, 3.05) is 0 Å². The molecule has 0 bridgehead atoms. The van der Waals surface area contributed by atoms with Crippen molar-refractivity contribution in [2.45, 2.75) is 6.92 Å². The fourth-order valence-corrected chi connectivity index (χ4v) is 0.541. The number of hydrogen-bond donors (Lipinski definition) is 1. The first kappa shape index (κ1) is 5.09. The Morgan fingerprint density at radius 3 is 2.88 bits per heavy atom. The van der Waals surface area contributed by atoms with E-state index in [1.54, 1.807) is 6.21 Å². The van der Waals surface area contributed by atoms with Crippen molar-refractivity contribution in [3.05, 3.63) is 24.2 Å². The maximum Gasteiger partial charge on any atom is 0.122 e. The molecule has 0 saturated carbocycles. The van der Waals surface area contributed by atoms with Gasteiger partial charge in [0.25, 0.3) is 0 Å². The number of aliphatic imine (C=N–C) groups is 1. The van der Waals surface area contributed by atoms with Gasteiger partial charge in [0.1, 0.15) is 5.82 Å². The SMILES string of the molecule is C=C1N=CC=C(C)N1. The molecule has 42 valence electrons. The summed E-state index contributed by atoms with van der Waals surface area (Å²) in [5.74, 6) is 0.713. The van der Waals surface area contributed by atoms with E-state index in [2.05, 4.69) is 16.9 Å². The highest BCUT2D eigenvalue weighted by Crippen LogP contribution is 1.96. The third-order valence-corrected chi connectivity index (χ3v) is 0.896. The van der Waals surface area contributed by atoms with Gasteiger partial charge in [-0.25, -0.2) is 4.99 Å². The van der Waals surface area contributed by atoms with Crippen molar-refractivity contribution in [1.29, 1.82) is 0 Å². The van der Waals surface area contributed by atoms with E-state index in [9.17, 15) is 0 Å². The first-order chi connectivity index (χ1) is 3.79. The van der Waals surface area contributed by atoms with E-state index >= 15 is 0 Å². The van der Waals surface area contributed by atoms with Crippen LogP contribution in [-0.4, -0.2) is 6.21 Å². The Morgan fingerprint density at radius 1 is 1.75 bits per heavy atom. The topological polar surface area (TPSA) is 24.4 Å². The Kier molecular flexibility index (Phi) is 1.16. The van der Waals surface area contributed by atoms with Gasteiger partial charge in [-0.3, -0.25) is 0 Å². The molecule has 0 saturated heterocycles. The lowest BCUT2D eigenvalue weighted by molar-refractivity contribution is 0.947. The minimum absolute atomic E-state index is 0.713. The first-order valence-electron chi connectivity index (χ1n) is 2.46. The zero-order valence-corrected chi connectivity index (χ0v) is 4.81. The Hall–Kier alpha value is -1.05. The van der Waals surface area contributed by atoms with Gasteiger partial charge in [0.2, 0.25) is 0 Å². The fraction of sp³-hybridized carbons (Fsp3) is 0.167. The number of rotatable bonds is 0. The lowest BCUT2D eigenvalue weighted by Gasteiger charge is -2.06. The van der Waals surface area contributed by atoms with Gasteiger partial charge in [-0.1, -0.05) is 6.58 Å². The Labute approximate surface area is 48.6 Å². The molecule has 0 unspecified atom stereocenters. The zero-order chi connectivity index (χ0) is 5.98. The van der Waals surface area contributed by atoms with Gasteiger partial charge < -0.3 is 5.32 Å². The van der Waals surface area contributed by atoms with Crippen molar-refractivity contribution < 1.29 is 0 Å². The molecule has 0 spiro atoms. The van der Waals surface area contributed by atoms with Gasteiger partial charge in [-0.2, -0.15) is 0 Å². The normalized spacial score (nSPS) is 17.6. The number of nitrogens with one attached hydrogen (secondary N) is 1. The summed E-state index contributed by atoms with van der Waals surface area (Å²) in [5, 5.41) is 2.95. The highest BCUT2D eigenvalue weighted by Gasteiger charge is 1.92. The van der Waals surface area contributed by atoms with Crippen LogP contribution in [0.3, 0.4) is 0 Å². The van der Waals surface area contributed by atoms with Crippen LogP contribution in [0.2, 0.25) is 0 Å². The third-order valence-electron chi connectivity index (χ3n) is 0.896. The summed E-state index contributed by atoms with van der Waals surface area (Å²) < 4.78 is 0. The fourth-order valence-electron chi connectivity index (χ4n) is 0.541. The quantitative estimate of drug-likeness (QED) is 0.492. The van der Waals surface area contributed by atoms with Gasteiger partial charge in [0.15, 0.2) is 0 Å². The standard InChI is InChI=1S/C6H8N2/c1-5-3-4-7-6(2)8-5/h3-4,8H,2H2,1H3. The lowest BCUT2D eigenvalue weighted by atomic mass is 10.4. The van der Waals surface area contributed by atoms with Crippen molar-refractivity contribution >= 4 is 6.21 Å². The molecule has 0 aromatic rings.